The number of morpholine rings is 1. The summed E-state index contributed by atoms with van der Waals surface area (Å²) < 4.78 is 6.96. The van der Waals surface area contributed by atoms with Crippen LogP contribution in [0.3, 0.4) is 0 Å². The summed E-state index contributed by atoms with van der Waals surface area (Å²) in [6.45, 7) is 3.87. The van der Waals surface area contributed by atoms with E-state index in [-0.39, 0.29) is 0 Å². The van der Waals surface area contributed by atoms with Crippen LogP contribution in [-0.4, -0.2) is 25.3 Å². The van der Waals surface area contributed by atoms with Gasteiger partial charge in [0, 0.05) is 16.7 Å². The van der Waals surface area contributed by atoms with Crippen LogP contribution in [0, 0.1) is 6.92 Å². The van der Waals surface area contributed by atoms with Gasteiger partial charge in [-0.1, -0.05) is 0 Å². The van der Waals surface area contributed by atoms with Crippen molar-refractivity contribution in [2.75, 3.05) is 23.8 Å². The first-order chi connectivity index (χ1) is 8.66. The van der Waals surface area contributed by atoms with Crippen molar-refractivity contribution in [3.63, 3.8) is 0 Å². The van der Waals surface area contributed by atoms with Crippen LogP contribution in [0.5, 0.6) is 0 Å². The van der Waals surface area contributed by atoms with E-state index in [1.807, 2.05) is 6.07 Å². The number of aryl methyl sites for hydroxylation is 1. The van der Waals surface area contributed by atoms with Gasteiger partial charge in [-0.3, -0.25) is 0 Å². The normalized spacial score (nSPS) is 27.3. The van der Waals surface area contributed by atoms with Gasteiger partial charge in [-0.15, -0.1) is 0 Å². The Hall–Kier alpha value is -0.740. The molecule has 2 fully saturated rings. The number of nitrogens with zero attached hydrogens (tertiary/aromatic N) is 1. The predicted octanol–water partition coefficient (Wildman–Crippen LogP) is 3.10. The first-order valence-corrected chi connectivity index (χ1v) is 7.40. The third-order valence-corrected chi connectivity index (χ3v) is 4.76. The molecule has 2 atom stereocenters. The highest BCUT2D eigenvalue weighted by molar-refractivity contribution is 9.10. The number of rotatable bonds is 1. The maximum atomic E-state index is 5.95. The third kappa shape index (κ3) is 2.01. The lowest BCUT2D eigenvalue weighted by Gasteiger charge is -2.40. The molecule has 2 unspecified atom stereocenters. The quantitative estimate of drug-likeness (QED) is 0.810. The molecular weight excluding hydrogens is 292 g/mol. The van der Waals surface area contributed by atoms with E-state index in [9.17, 15) is 0 Å². The lowest BCUT2D eigenvalue weighted by atomic mass is 10.1. The highest BCUT2D eigenvalue weighted by Gasteiger charge is 2.36. The van der Waals surface area contributed by atoms with Crippen LogP contribution in [-0.2, 0) is 4.74 Å². The number of fused-ring (bicyclic) bond motifs is 1. The Labute approximate surface area is 116 Å². The molecule has 0 bridgehead atoms. The Bertz CT molecular complexity index is 463. The number of benzene rings is 1. The van der Waals surface area contributed by atoms with Gasteiger partial charge in [-0.25, -0.2) is 0 Å². The molecule has 0 spiro atoms. The second-order valence-electron chi connectivity index (χ2n) is 5.26. The standard InChI is InChI=1S/C14H19BrN2O/c1-9-7-13(10(15)8-11(9)16)17-5-6-18-14-4-2-3-12(14)17/h7-8,12,14H,2-6,16H2,1H3. The summed E-state index contributed by atoms with van der Waals surface area (Å²) in [6, 6.07) is 4.75. The molecule has 0 radical (unpaired) electrons. The molecular formula is C14H19BrN2O. The molecule has 1 heterocycles. The molecule has 2 N–H and O–H groups in total. The van der Waals surface area contributed by atoms with Gasteiger partial charge in [0.2, 0.25) is 0 Å². The van der Waals surface area contributed by atoms with Gasteiger partial charge in [0.25, 0.3) is 0 Å². The number of hydrogen-bond acceptors (Lipinski definition) is 3. The zero-order valence-corrected chi connectivity index (χ0v) is 12.2. The van der Waals surface area contributed by atoms with Gasteiger partial charge < -0.3 is 15.4 Å². The molecule has 2 aliphatic rings. The zero-order valence-electron chi connectivity index (χ0n) is 10.7. The van der Waals surface area contributed by atoms with Crippen molar-refractivity contribution in [3.05, 3.63) is 22.2 Å². The summed E-state index contributed by atoms with van der Waals surface area (Å²) in [4.78, 5) is 2.50. The van der Waals surface area contributed by atoms with Gasteiger partial charge in [-0.05, 0) is 59.8 Å². The van der Waals surface area contributed by atoms with Crippen LogP contribution < -0.4 is 10.6 Å². The van der Waals surface area contributed by atoms with Crippen molar-refractivity contribution in [3.8, 4) is 0 Å². The molecule has 1 saturated carbocycles. The summed E-state index contributed by atoms with van der Waals surface area (Å²) >= 11 is 3.65. The Morgan fingerprint density at radius 3 is 3.06 bits per heavy atom. The first kappa shape index (κ1) is 12.3. The van der Waals surface area contributed by atoms with Crippen molar-refractivity contribution in [2.24, 2.45) is 0 Å². The van der Waals surface area contributed by atoms with Crippen molar-refractivity contribution >= 4 is 27.3 Å². The fourth-order valence-corrected chi connectivity index (χ4v) is 3.72. The lowest BCUT2D eigenvalue weighted by molar-refractivity contribution is 0.0256. The van der Waals surface area contributed by atoms with Crippen molar-refractivity contribution in [1.29, 1.82) is 0 Å². The van der Waals surface area contributed by atoms with E-state index < -0.39 is 0 Å². The van der Waals surface area contributed by atoms with Crippen LogP contribution in [0.2, 0.25) is 0 Å². The maximum absolute atomic E-state index is 5.95. The van der Waals surface area contributed by atoms with E-state index in [4.69, 9.17) is 10.5 Å². The summed E-state index contributed by atoms with van der Waals surface area (Å²) in [5.41, 5.74) is 9.21. The average Bonchev–Trinajstić information content (AvgIpc) is 2.82. The van der Waals surface area contributed by atoms with Gasteiger partial charge in [-0.2, -0.15) is 0 Å². The Balaban J connectivity index is 1.96. The van der Waals surface area contributed by atoms with Crippen LogP contribution in [0.4, 0.5) is 11.4 Å². The first-order valence-electron chi connectivity index (χ1n) is 6.60. The molecule has 1 aliphatic carbocycles. The molecule has 1 aromatic carbocycles. The average molecular weight is 311 g/mol. The van der Waals surface area contributed by atoms with E-state index in [1.165, 1.54) is 24.9 Å². The molecule has 0 amide bonds. The van der Waals surface area contributed by atoms with E-state index >= 15 is 0 Å². The zero-order chi connectivity index (χ0) is 12.7. The summed E-state index contributed by atoms with van der Waals surface area (Å²) in [5, 5.41) is 0. The largest absolute Gasteiger partial charge is 0.398 e. The van der Waals surface area contributed by atoms with E-state index in [1.54, 1.807) is 0 Å². The number of ether oxygens (including phenoxy) is 1. The predicted molar refractivity (Wildman–Crippen MR) is 78.0 cm³/mol. The van der Waals surface area contributed by atoms with Crippen LogP contribution >= 0.6 is 15.9 Å². The topological polar surface area (TPSA) is 38.5 Å². The second-order valence-corrected chi connectivity index (χ2v) is 6.12. The fraction of sp³-hybridized carbons (Fsp3) is 0.571. The fourth-order valence-electron chi connectivity index (χ4n) is 3.13. The van der Waals surface area contributed by atoms with Crippen molar-refractivity contribution in [2.45, 2.75) is 38.3 Å². The highest BCUT2D eigenvalue weighted by Crippen LogP contribution is 2.38. The Morgan fingerprint density at radius 2 is 2.22 bits per heavy atom. The minimum Gasteiger partial charge on any atom is -0.398 e. The van der Waals surface area contributed by atoms with Gasteiger partial charge >= 0.3 is 0 Å². The number of nitrogens with two attached hydrogens (primary N) is 1. The van der Waals surface area contributed by atoms with Gasteiger partial charge in [0.1, 0.15) is 0 Å². The molecule has 1 saturated heterocycles. The van der Waals surface area contributed by atoms with Crippen molar-refractivity contribution < 1.29 is 4.74 Å². The molecule has 1 aliphatic heterocycles. The maximum Gasteiger partial charge on any atom is 0.0779 e. The molecule has 3 rings (SSSR count). The monoisotopic (exact) mass is 310 g/mol. The number of halogens is 1. The van der Waals surface area contributed by atoms with E-state index in [2.05, 4.69) is 33.8 Å². The smallest absolute Gasteiger partial charge is 0.0779 e. The minimum atomic E-state index is 0.420. The number of nitrogen functional groups attached to an aromatic ring is 1. The Kier molecular flexibility index (Phi) is 3.24. The van der Waals surface area contributed by atoms with E-state index in [0.717, 1.165) is 28.9 Å². The number of anilines is 2. The molecule has 18 heavy (non-hydrogen) atoms. The second kappa shape index (κ2) is 4.74. The molecule has 3 nitrogen and oxygen atoms in total. The lowest BCUT2D eigenvalue weighted by Crippen LogP contribution is -2.48. The third-order valence-electron chi connectivity index (χ3n) is 4.13. The molecule has 98 valence electrons. The minimum absolute atomic E-state index is 0.420. The summed E-state index contributed by atoms with van der Waals surface area (Å²) in [7, 11) is 0. The molecule has 0 aromatic heterocycles. The van der Waals surface area contributed by atoms with E-state index in [0.29, 0.717) is 12.1 Å². The summed E-state index contributed by atoms with van der Waals surface area (Å²) in [5.74, 6) is 0. The van der Waals surface area contributed by atoms with Crippen LogP contribution in [0.1, 0.15) is 24.8 Å². The SMILES string of the molecule is Cc1cc(N2CCOC3CCCC32)c(Br)cc1N. The number of hydrogen-bond donors (Lipinski definition) is 1. The molecule has 4 heteroatoms. The van der Waals surface area contributed by atoms with Gasteiger partial charge in [0.15, 0.2) is 0 Å². The molecule has 1 aromatic rings. The summed E-state index contributed by atoms with van der Waals surface area (Å²) in [6.07, 6.45) is 4.13. The highest BCUT2D eigenvalue weighted by atomic mass is 79.9. The Morgan fingerprint density at radius 1 is 1.39 bits per heavy atom. The van der Waals surface area contributed by atoms with Crippen molar-refractivity contribution in [1.82, 2.24) is 0 Å². The van der Waals surface area contributed by atoms with Crippen LogP contribution in [0.25, 0.3) is 0 Å². The van der Waals surface area contributed by atoms with Crippen LogP contribution in [0.15, 0.2) is 16.6 Å². The van der Waals surface area contributed by atoms with Gasteiger partial charge in [0.05, 0.1) is 24.4 Å².